The third-order valence-electron chi connectivity index (χ3n) is 4.12. The van der Waals surface area contributed by atoms with Crippen molar-refractivity contribution in [3.63, 3.8) is 0 Å². The summed E-state index contributed by atoms with van der Waals surface area (Å²) in [4.78, 5) is 20.6. The molecule has 6 nitrogen and oxygen atoms in total. The molecule has 2 aromatic carbocycles. The largest absolute Gasteiger partial charge is 0.497 e. The average Bonchev–Trinajstić information content (AvgIpc) is 2.73. The van der Waals surface area contributed by atoms with Crippen LogP contribution >= 0.6 is 11.6 Å². The van der Waals surface area contributed by atoms with Gasteiger partial charge in [-0.25, -0.2) is 9.97 Å². The maximum atomic E-state index is 12.3. The second-order valence-corrected chi connectivity index (χ2v) is 6.56. The van der Waals surface area contributed by atoms with E-state index in [4.69, 9.17) is 16.3 Å². The lowest BCUT2D eigenvalue weighted by Gasteiger charge is -2.09. The zero-order valence-corrected chi connectivity index (χ0v) is 16.2. The van der Waals surface area contributed by atoms with Gasteiger partial charge in [-0.2, -0.15) is 0 Å². The van der Waals surface area contributed by atoms with Gasteiger partial charge in [0.15, 0.2) is 0 Å². The van der Waals surface area contributed by atoms with E-state index in [1.165, 1.54) is 6.33 Å². The number of amides is 1. The van der Waals surface area contributed by atoms with E-state index in [0.29, 0.717) is 29.6 Å². The molecule has 3 aromatic rings. The quantitative estimate of drug-likeness (QED) is 0.606. The van der Waals surface area contributed by atoms with E-state index in [9.17, 15) is 4.79 Å². The van der Waals surface area contributed by atoms with E-state index >= 15 is 0 Å². The molecule has 0 spiro atoms. The Morgan fingerprint density at radius 3 is 2.68 bits per heavy atom. The summed E-state index contributed by atoms with van der Waals surface area (Å²) in [6, 6.07) is 16.9. The van der Waals surface area contributed by atoms with Crippen molar-refractivity contribution in [3.05, 3.63) is 82.8 Å². The molecule has 0 aliphatic carbocycles. The minimum absolute atomic E-state index is 0.256. The fourth-order valence-corrected chi connectivity index (χ4v) is 2.74. The van der Waals surface area contributed by atoms with Crippen LogP contribution in [0.15, 0.2) is 60.9 Å². The van der Waals surface area contributed by atoms with E-state index in [-0.39, 0.29) is 5.91 Å². The summed E-state index contributed by atoms with van der Waals surface area (Å²) < 4.78 is 5.23. The number of aromatic nitrogens is 2. The zero-order chi connectivity index (χ0) is 19.8. The zero-order valence-electron chi connectivity index (χ0n) is 15.5. The molecule has 2 N–H and O–H groups in total. The Bertz CT molecular complexity index is 932. The molecule has 0 atom stereocenters. The van der Waals surface area contributed by atoms with Gasteiger partial charge in [0.2, 0.25) is 0 Å². The molecule has 1 aromatic heterocycles. The van der Waals surface area contributed by atoms with Crippen LogP contribution in [0.25, 0.3) is 0 Å². The molecular weight excluding hydrogens is 376 g/mol. The van der Waals surface area contributed by atoms with E-state index in [2.05, 4.69) is 20.6 Å². The van der Waals surface area contributed by atoms with Gasteiger partial charge in [0.1, 0.15) is 23.6 Å². The molecule has 1 heterocycles. The van der Waals surface area contributed by atoms with Crippen molar-refractivity contribution in [2.75, 3.05) is 19.0 Å². The summed E-state index contributed by atoms with van der Waals surface area (Å²) in [6.07, 6.45) is 2.18. The summed E-state index contributed by atoms with van der Waals surface area (Å²) in [6.45, 7) is 1.08. The van der Waals surface area contributed by atoms with Crippen LogP contribution in [0.5, 0.6) is 5.75 Å². The highest BCUT2D eigenvalue weighted by Gasteiger charge is 2.08. The van der Waals surface area contributed by atoms with Crippen LogP contribution in [0.1, 0.15) is 21.6 Å². The molecule has 0 fully saturated rings. The number of nitrogens with zero attached hydrogens (tertiary/aromatic N) is 2. The summed E-state index contributed by atoms with van der Waals surface area (Å²) in [5.74, 6) is 1.18. The smallest absolute Gasteiger partial charge is 0.270 e. The number of carbonyl (C=O) groups is 1. The van der Waals surface area contributed by atoms with E-state index in [0.717, 1.165) is 23.3 Å². The molecule has 0 saturated carbocycles. The highest BCUT2D eigenvalue weighted by molar-refractivity contribution is 6.30. The fraction of sp³-hybridized carbons (Fsp3) is 0.190. The highest BCUT2D eigenvalue weighted by atomic mass is 35.5. The number of anilines is 1. The van der Waals surface area contributed by atoms with Crippen molar-refractivity contribution >= 4 is 23.3 Å². The number of nitrogens with one attached hydrogen (secondary N) is 2. The predicted molar refractivity (Wildman–Crippen MR) is 110 cm³/mol. The van der Waals surface area contributed by atoms with Crippen molar-refractivity contribution in [2.24, 2.45) is 0 Å². The predicted octanol–water partition coefficient (Wildman–Crippen LogP) is 3.72. The van der Waals surface area contributed by atoms with Crippen LogP contribution in [0.4, 0.5) is 5.82 Å². The minimum atomic E-state index is -0.256. The lowest BCUT2D eigenvalue weighted by molar-refractivity contribution is 0.0946. The van der Waals surface area contributed by atoms with Crippen molar-refractivity contribution in [3.8, 4) is 5.75 Å². The Labute approximate surface area is 168 Å². The number of hydrogen-bond donors (Lipinski definition) is 2. The lowest BCUT2D eigenvalue weighted by Crippen LogP contribution is -2.24. The van der Waals surface area contributed by atoms with Gasteiger partial charge in [-0.1, -0.05) is 35.9 Å². The molecule has 144 valence electrons. The molecule has 0 bridgehead atoms. The summed E-state index contributed by atoms with van der Waals surface area (Å²) >= 11 is 5.87. The first-order chi connectivity index (χ1) is 13.6. The molecule has 0 radical (unpaired) electrons. The summed E-state index contributed by atoms with van der Waals surface area (Å²) in [7, 11) is 1.65. The number of carbonyl (C=O) groups excluding carboxylic acids is 1. The Hall–Kier alpha value is -3.12. The van der Waals surface area contributed by atoms with Crippen molar-refractivity contribution in [2.45, 2.75) is 13.0 Å². The molecule has 28 heavy (non-hydrogen) atoms. The number of rotatable bonds is 8. The Morgan fingerprint density at radius 2 is 1.89 bits per heavy atom. The Kier molecular flexibility index (Phi) is 6.81. The van der Waals surface area contributed by atoms with Gasteiger partial charge in [0.05, 0.1) is 7.11 Å². The standard InChI is InChI=1S/C21H21ClN4O2/c1-28-18-4-2-3-15(11-18)9-10-23-20-12-19(25-14-26-20)21(27)24-13-16-5-7-17(22)8-6-16/h2-8,11-12,14H,9-10,13H2,1H3,(H,24,27)(H,23,25,26). The minimum Gasteiger partial charge on any atom is -0.497 e. The lowest BCUT2D eigenvalue weighted by atomic mass is 10.1. The topological polar surface area (TPSA) is 76.1 Å². The van der Waals surface area contributed by atoms with E-state index in [1.54, 1.807) is 25.3 Å². The molecule has 0 unspecified atom stereocenters. The first kappa shape index (κ1) is 19.6. The second kappa shape index (κ2) is 9.71. The molecule has 0 aliphatic rings. The first-order valence-corrected chi connectivity index (χ1v) is 9.23. The fourth-order valence-electron chi connectivity index (χ4n) is 2.62. The number of benzene rings is 2. The highest BCUT2D eigenvalue weighted by Crippen LogP contribution is 2.13. The summed E-state index contributed by atoms with van der Waals surface area (Å²) in [5.41, 5.74) is 2.43. The van der Waals surface area contributed by atoms with Crippen LogP contribution < -0.4 is 15.4 Å². The van der Waals surface area contributed by atoms with Crippen molar-refractivity contribution < 1.29 is 9.53 Å². The third kappa shape index (κ3) is 5.69. The van der Waals surface area contributed by atoms with Crippen molar-refractivity contribution in [1.82, 2.24) is 15.3 Å². The maximum Gasteiger partial charge on any atom is 0.270 e. The van der Waals surface area contributed by atoms with Crippen LogP contribution in [-0.2, 0) is 13.0 Å². The van der Waals surface area contributed by atoms with E-state index < -0.39 is 0 Å². The van der Waals surface area contributed by atoms with Crippen LogP contribution in [0, 0.1) is 0 Å². The van der Waals surface area contributed by atoms with Gasteiger partial charge >= 0.3 is 0 Å². The van der Waals surface area contributed by atoms with Gasteiger partial charge in [0, 0.05) is 24.2 Å². The number of ether oxygens (including phenoxy) is 1. The molecule has 1 amide bonds. The summed E-state index contributed by atoms with van der Waals surface area (Å²) in [5, 5.41) is 6.72. The van der Waals surface area contributed by atoms with Gasteiger partial charge in [0.25, 0.3) is 5.91 Å². The SMILES string of the molecule is COc1cccc(CCNc2cc(C(=O)NCc3ccc(Cl)cc3)ncn2)c1. The number of hydrogen-bond acceptors (Lipinski definition) is 5. The van der Waals surface area contributed by atoms with Gasteiger partial charge in [-0.3, -0.25) is 4.79 Å². The molecule has 3 rings (SSSR count). The average molecular weight is 397 g/mol. The molecule has 0 saturated heterocycles. The monoisotopic (exact) mass is 396 g/mol. The first-order valence-electron chi connectivity index (χ1n) is 8.85. The number of methoxy groups -OCH3 is 1. The second-order valence-electron chi connectivity index (χ2n) is 6.13. The number of halogens is 1. The Balaban J connectivity index is 1.52. The van der Waals surface area contributed by atoms with Crippen LogP contribution in [0.3, 0.4) is 0 Å². The van der Waals surface area contributed by atoms with Crippen LogP contribution in [0.2, 0.25) is 5.02 Å². The van der Waals surface area contributed by atoms with Gasteiger partial charge in [-0.15, -0.1) is 0 Å². The van der Waals surface area contributed by atoms with Gasteiger partial charge in [-0.05, 0) is 41.8 Å². The van der Waals surface area contributed by atoms with E-state index in [1.807, 2.05) is 36.4 Å². The maximum absolute atomic E-state index is 12.3. The molecule has 0 aliphatic heterocycles. The Morgan fingerprint density at radius 1 is 1.07 bits per heavy atom. The van der Waals surface area contributed by atoms with Crippen molar-refractivity contribution in [1.29, 1.82) is 0 Å². The third-order valence-corrected chi connectivity index (χ3v) is 4.37. The molecular formula is C21H21ClN4O2. The van der Waals surface area contributed by atoms with Crippen LogP contribution in [-0.4, -0.2) is 29.5 Å². The molecule has 7 heteroatoms. The normalized spacial score (nSPS) is 10.4. The van der Waals surface area contributed by atoms with Gasteiger partial charge < -0.3 is 15.4 Å².